The summed E-state index contributed by atoms with van der Waals surface area (Å²) < 4.78 is 18.4. The standard InChI is InChI=1S/C12H12FNO2/c1-3-7(2)11-14-9-6-4-5-8(13)10(9)12(15)16-11/h4-7H,3H2,1-2H3/t7-/m0/s1. The maximum atomic E-state index is 13.4. The van der Waals surface area contributed by atoms with Crippen molar-refractivity contribution in [3.63, 3.8) is 0 Å². The van der Waals surface area contributed by atoms with Crippen LogP contribution in [0.15, 0.2) is 27.4 Å². The van der Waals surface area contributed by atoms with E-state index in [1.54, 1.807) is 6.07 Å². The minimum atomic E-state index is -0.654. The molecule has 0 aliphatic rings. The summed E-state index contributed by atoms with van der Waals surface area (Å²) in [6.07, 6.45) is 0.816. The molecule has 4 heteroatoms. The molecule has 0 bridgehead atoms. The van der Waals surface area contributed by atoms with Crippen LogP contribution in [0.3, 0.4) is 0 Å². The van der Waals surface area contributed by atoms with Gasteiger partial charge in [-0.25, -0.2) is 14.2 Å². The van der Waals surface area contributed by atoms with Crippen molar-refractivity contribution in [2.75, 3.05) is 0 Å². The van der Waals surface area contributed by atoms with Crippen LogP contribution < -0.4 is 5.63 Å². The summed E-state index contributed by atoms with van der Waals surface area (Å²) in [5.41, 5.74) is -0.301. The van der Waals surface area contributed by atoms with Crippen molar-refractivity contribution in [1.29, 1.82) is 0 Å². The molecule has 0 aliphatic carbocycles. The fraction of sp³-hybridized carbons (Fsp3) is 0.333. The highest BCUT2D eigenvalue weighted by molar-refractivity contribution is 5.77. The Morgan fingerprint density at radius 3 is 2.94 bits per heavy atom. The number of halogens is 1. The predicted molar refractivity (Wildman–Crippen MR) is 58.9 cm³/mol. The van der Waals surface area contributed by atoms with Gasteiger partial charge in [0.1, 0.15) is 11.2 Å². The summed E-state index contributed by atoms with van der Waals surface area (Å²) in [5, 5.41) is -0.0745. The second-order valence-electron chi connectivity index (χ2n) is 3.78. The van der Waals surface area contributed by atoms with E-state index < -0.39 is 11.4 Å². The van der Waals surface area contributed by atoms with E-state index in [2.05, 4.69) is 4.98 Å². The van der Waals surface area contributed by atoms with Crippen LogP contribution in [0.25, 0.3) is 10.9 Å². The lowest BCUT2D eigenvalue weighted by Crippen LogP contribution is -2.08. The van der Waals surface area contributed by atoms with E-state index in [1.165, 1.54) is 12.1 Å². The molecule has 0 amide bonds. The van der Waals surface area contributed by atoms with Crippen LogP contribution in [0, 0.1) is 5.82 Å². The lowest BCUT2D eigenvalue weighted by Gasteiger charge is -2.06. The molecule has 0 radical (unpaired) electrons. The van der Waals surface area contributed by atoms with E-state index in [-0.39, 0.29) is 11.3 Å². The molecule has 1 aromatic heterocycles. The van der Waals surface area contributed by atoms with E-state index in [4.69, 9.17) is 4.42 Å². The number of rotatable bonds is 2. The molecular formula is C12H12FNO2. The third kappa shape index (κ3) is 1.71. The molecule has 1 atom stereocenters. The SMILES string of the molecule is CC[C@H](C)c1nc2cccc(F)c2c(=O)o1. The Morgan fingerprint density at radius 2 is 2.25 bits per heavy atom. The van der Waals surface area contributed by atoms with Gasteiger partial charge in [-0.3, -0.25) is 0 Å². The summed E-state index contributed by atoms with van der Waals surface area (Å²) in [6, 6.07) is 4.37. The molecule has 0 spiro atoms. The molecule has 0 unspecified atom stereocenters. The quantitative estimate of drug-likeness (QED) is 0.783. The molecular weight excluding hydrogens is 209 g/mol. The predicted octanol–water partition coefficient (Wildman–Crippen LogP) is 2.84. The monoisotopic (exact) mass is 221 g/mol. The van der Waals surface area contributed by atoms with Gasteiger partial charge in [-0.05, 0) is 18.6 Å². The zero-order valence-corrected chi connectivity index (χ0v) is 9.16. The molecule has 0 N–H and O–H groups in total. The number of benzene rings is 1. The van der Waals surface area contributed by atoms with Gasteiger partial charge in [-0.15, -0.1) is 0 Å². The molecule has 3 nitrogen and oxygen atoms in total. The Balaban J connectivity index is 2.74. The van der Waals surface area contributed by atoms with Gasteiger partial charge < -0.3 is 4.42 Å². The van der Waals surface area contributed by atoms with Gasteiger partial charge in [0.25, 0.3) is 0 Å². The van der Waals surface area contributed by atoms with Crippen molar-refractivity contribution >= 4 is 10.9 Å². The maximum Gasteiger partial charge on any atom is 0.349 e. The van der Waals surface area contributed by atoms with Crippen molar-refractivity contribution in [1.82, 2.24) is 4.98 Å². The number of hydrogen-bond acceptors (Lipinski definition) is 3. The molecule has 0 aliphatic heterocycles. The Kier molecular flexibility index (Phi) is 2.73. The smallest absolute Gasteiger partial charge is 0.349 e. The second kappa shape index (κ2) is 4.04. The first kappa shape index (κ1) is 10.8. The Bertz CT molecular complexity index is 577. The van der Waals surface area contributed by atoms with Gasteiger partial charge in [0.2, 0.25) is 5.89 Å². The zero-order chi connectivity index (χ0) is 11.7. The summed E-state index contributed by atoms with van der Waals surface area (Å²) in [5.74, 6) is -0.166. The van der Waals surface area contributed by atoms with Crippen LogP contribution >= 0.6 is 0 Å². The lowest BCUT2D eigenvalue weighted by atomic mass is 10.1. The topological polar surface area (TPSA) is 43.1 Å². The first-order valence-corrected chi connectivity index (χ1v) is 5.22. The van der Waals surface area contributed by atoms with Gasteiger partial charge >= 0.3 is 5.63 Å². The molecule has 0 fully saturated rings. The molecule has 1 heterocycles. The fourth-order valence-corrected chi connectivity index (χ4v) is 1.48. The van der Waals surface area contributed by atoms with Crippen LogP contribution in [-0.4, -0.2) is 4.98 Å². The largest absolute Gasteiger partial charge is 0.408 e. The van der Waals surface area contributed by atoms with E-state index >= 15 is 0 Å². The molecule has 84 valence electrons. The van der Waals surface area contributed by atoms with Crippen LogP contribution in [0.5, 0.6) is 0 Å². The molecule has 16 heavy (non-hydrogen) atoms. The minimum absolute atomic E-state index is 0.0559. The summed E-state index contributed by atoms with van der Waals surface area (Å²) in [7, 11) is 0. The van der Waals surface area contributed by atoms with Crippen molar-refractivity contribution in [2.24, 2.45) is 0 Å². The molecule has 1 aromatic carbocycles. The summed E-state index contributed by atoms with van der Waals surface area (Å²) in [6.45, 7) is 3.89. The number of aromatic nitrogens is 1. The number of fused-ring (bicyclic) bond motifs is 1. The van der Waals surface area contributed by atoms with E-state index in [0.29, 0.717) is 11.4 Å². The summed E-state index contributed by atoms with van der Waals surface area (Å²) in [4.78, 5) is 15.8. The van der Waals surface area contributed by atoms with E-state index in [1.807, 2.05) is 13.8 Å². The van der Waals surface area contributed by atoms with E-state index in [0.717, 1.165) is 6.42 Å². The van der Waals surface area contributed by atoms with E-state index in [9.17, 15) is 9.18 Å². The first-order valence-electron chi connectivity index (χ1n) is 5.22. The van der Waals surface area contributed by atoms with Crippen molar-refractivity contribution in [3.8, 4) is 0 Å². The van der Waals surface area contributed by atoms with Crippen LogP contribution in [0.4, 0.5) is 4.39 Å². The number of nitrogens with zero attached hydrogens (tertiary/aromatic N) is 1. The third-order valence-electron chi connectivity index (χ3n) is 2.66. The van der Waals surface area contributed by atoms with Crippen LogP contribution in [0.2, 0.25) is 0 Å². The zero-order valence-electron chi connectivity index (χ0n) is 9.16. The van der Waals surface area contributed by atoms with Crippen molar-refractivity contribution in [3.05, 3.63) is 40.3 Å². The lowest BCUT2D eigenvalue weighted by molar-refractivity contribution is 0.408. The molecule has 2 rings (SSSR count). The molecule has 2 aromatic rings. The molecule has 0 saturated heterocycles. The Hall–Kier alpha value is -1.71. The highest BCUT2D eigenvalue weighted by Crippen LogP contribution is 2.18. The third-order valence-corrected chi connectivity index (χ3v) is 2.66. The van der Waals surface area contributed by atoms with Crippen molar-refractivity contribution < 1.29 is 8.81 Å². The van der Waals surface area contributed by atoms with Crippen LogP contribution in [-0.2, 0) is 0 Å². The van der Waals surface area contributed by atoms with Gasteiger partial charge in [0, 0.05) is 5.92 Å². The maximum absolute atomic E-state index is 13.4. The van der Waals surface area contributed by atoms with Gasteiger partial charge in [-0.2, -0.15) is 0 Å². The van der Waals surface area contributed by atoms with Gasteiger partial charge in [-0.1, -0.05) is 19.9 Å². The highest BCUT2D eigenvalue weighted by atomic mass is 19.1. The van der Waals surface area contributed by atoms with Gasteiger partial charge in [0.05, 0.1) is 5.52 Å². The summed E-state index contributed by atoms with van der Waals surface area (Å²) >= 11 is 0. The minimum Gasteiger partial charge on any atom is -0.408 e. The number of hydrogen-bond donors (Lipinski definition) is 0. The Labute approximate surface area is 91.9 Å². The van der Waals surface area contributed by atoms with Gasteiger partial charge in [0.15, 0.2) is 0 Å². The normalized spacial score (nSPS) is 12.9. The Morgan fingerprint density at radius 1 is 1.50 bits per heavy atom. The average Bonchev–Trinajstić information content (AvgIpc) is 2.27. The van der Waals surface area contributed by atoms with Crippen LogP contribution in [0.1, 0.15) is 32.1 Å². The highest BCUT2D eigenvalue weighted by Gasteiger charge is 2.13. The first-order chi connectivity index (χ1) is 7.63. The second-order valence-corrected chi connectivity index (χ2v) is 3.78. The van der Waals surface area contributed by atoms with Crippen molar-refractivity contribution in [2.45, 2.75) is 26.2 Å². The average molecular weight is 221 g/mol. The molecule has 0 saturated carbocycles. The fourth-order valence-electron chi connectivity index (χ4n) is 1.48.